The van der Waals surface area contributed by atoms with E-state index in [1.54, 1.807) is 13.8 Å². The molecule has 0 radical (unpaired) electrons. The van der Waals surface area contributed by atoms with Crippen molar-refractivity contribution in [3.05, 3.63) is 54.3 Å². The van der Waals surface area contributed by atoms with Crippen LogP contribution in [0, 0.1) is 5.82 Å². The first-order valence-electron chi connectivity index (χ1n) is 9.95. The summed E-state index contributed by atoms with van der Waals surface area (Å²) < 4.78 is 67.2. The molecule has 0 aliphatic carbocycles. The second-order valence-electron chi connectivity index (χ2n) is 7.46. The number of hydrogen-bond donors (Lipinski definition) is 1. The highest BCUT2D eigenvalue weighted by Crippen LogP contribution is 2.23. The second kappa shape index (κ2) is 9.79. The molecule has 0 atom stereocenters. The standard InChI is InChI=1S/C21H22FN3O6S2/c1-14(2)33(29,30)18-9-5-15(6-10-18)20-24-25-21(31-20)23-19(26)4-3-13-32(27,28)17-11-7-16(22)8-12-17/h5-12,14H,3-4,13H2,1-2H3,(H,23,25,26). The fourth-order valence-corrected chi connectivity index (χ4v) is 5.18. The predicted molar refractivity (Wildman–Crippen MR) is 118 cm³/mol. The van der Waals surface area contributed by atoms with Gasteiger partial charge in [0.2, 0.25) is 11.8 Å². The van der Waals surface area contributed by atoms with Crippen molar-refractivity contribution in [3.8, 4) is 11.5 Å². The van der Waals surface area contributed by atoms with Crippen LogP contribution in [0.3, 0.4) is 0 Å². The lowest BCUT2D eigenvalue weighted by Gasteiger charge is -2.07. The lowest BCUT2D eigenvalue weighted by atomic mass is 10.2. The Balaban J connectivity index is 1.56. The van der Waals surface area contributed by atoms with Crippen molar-refractivity contribution in [2.45, 2.75) is 41.7 Å². The minimum atomic E-state index is -3.64. The molecule has 1 aromatic heterocycles. The number of hydrogen-bond acceptors (Lipinski definition) is 8. The molecule has 0 saturated heterocycles. The molecular formula is C21H22FN3O6S2. The average molecular weight is 496 g/mol. The van der Waals surface area contributed by atoms with Gasteiger partial charge in [0.15, 0.2) is 19.7 Å². The molecule has 12 heteroatoms. The molecule has 0 aliphatic rings. The molecule has 2 aromatic carbocycles. The highest BCUT2D eigenvalue weighted by molar-refractivity contribution is 7.92. The molecule has 9 nitrogen and oxygen atoms in total. The summed E-state index contributed by atoms with van der Waals surface area (Å²) in [7, 11) is -7.05. The highest BCUT2D eigenvalue weighted by atomic mass is 32.2. The van der Waals surface area contributed by atoms with Crippen molar-refractivity contribution >= 4 is 31.6 Å². The van der Waals surface area contributed by atoms with Crippen molar-refractivity contribution in [1.82, 2.24) is 10.2 Å². The molecule has 0 fully saturated rings. The lowest BCUT2D eigenvalue weighted by molar-refractivity contribution is -0.116. The van der Waals surface area contributed by atoms with Gasteiger partial charge in [0.1, 0.15) is 5.82 Å². The van der Waals surface area contributed by atoms with Crippen molar-refractivity contribution in [2.24, 2.45) is 0 Å². The summed E-state index contributed by atoms with van der Waals surface area (Å²) in [5.74, 6) is -1.26. The summed E-state index contributed by atoms with van der Waals surface area (Å²) in [6, 6.07) is 10.2. The maximum absolute atomic E-state index is 13.0. The number of amides is 1. The van der Waals surface area contributed by atoms with Crippen molar-refractivity contribution in [1.29, 1.82) is 0 Å². The van der Waals surface area contributed by atoms with Gasteiger partial charge in [0.05, 0.1) is 20.8 Å². The number of nitrogens with one attached hydrogen (secondary N) is 1. The molecule has 0 spiro atoms. The third kappa shape index (κ3) is 6.02. The number of anilines is 1. The molecule has 1 heterocycles. The van der Waals surface area contributed by atoms with Gasteiger partial charge in [-0.2, -0.15) is 0 Å². The molecule has 0 unspecified atom stereocenters. The van der Waals surface area contributed by atoms with E-state index in [1.165, 1.54) is 36.4 Å². The van der Waals surface area contributed by atoms with Gasteiger partial charge in [-0.15, -0.1) is 5.10 Å². The molecule has 0 bridgehead atoms. The van der Waals surface area contributed by atoms with Crippen LogP contribution in [0.25, 0.3) is 11.5 Å². The van der Waals surface area contributed by atoms with Crippen LogP contribution in [0.15, 0.2) is 62.7 Å². The van der Waals surface area contributed by atoms with E-state index in [4.69, 9.17) is 4.42 Å². The number of carbonyl (C=O) groups excluding carboxylic acids is 1. The monoisotopic (exact) mass is 495 g/mol. The molecule has 3 rings (SSSR count). The number of rotatable bonds is 9. The number of benzene rings is 2. The lowest BCUT2D eigenvalue weighted by Crippen LogP contribution is -2.14. The van der Waals surface area contributed by atoms with Crippen molar-refractivity contribution in [3.63, 3.8) is 0 Å². The second-order valence-corrected chi connectivity index (χ2v) is 12.1. The van der Waals surface area contributed by atoms with E-state index in [-0.39, 0.29) is 40.3 Å². The Morgan fingerprint density at radius 1 is 0.970 bits per heavy atom. The highest BCUT2D eigenvalue weighted by Gasteiger charge is 2.20. The molecule has 3 aromatic rings. The van der Waals surface area contributed by atoms with E-state index >= 15 is 0 Å². The molecular weight excluding hydrogens is 473 g/mol. The van der Waals surface area contributed by atoms with Crippen LogP contribution < -0.4 is 5.32 Å². The van der Waals surface area contributed by atoms with Crippen LogP contribution in [0.1, 0.15) is 26.7 Å². The first-order chi connectivity index (χ1) is 15.5. The molecule has 176 valence electrons. The van der Waals surface area contributed by atoms with Crippen LogP contribution in [0.5, 0.6) is 0 Å². The van der Waals surface area contributed by atoms with Gasteiger partial charge in [-0.1, -0.05) is 5.10 Å². The molecule has 1 amide bonds. The summed E-state index contributed by atoms with van der Waals surface area (Å²) in [5, 5.41) is 9.39. The third-order valence-corrected chi connectivity index (χ3v) is 8.70. The van der Waals surface area contributed by atoms with E-state index in [2.05, 4.69) is 15.5 Å². The Kier molecular flexibility index (Phi) is 7.28. The fraction of sp³-hybridized carbons (Fsp3) is 0.286. The number of carbonyl (C=O) groups is 1. The van der Waals surface area contributed by atoms with Crippen molar-refractivity contribution in [2.75, 3.05) is 11.1 Å². The summed E-state index contributed by atoms with van der Waals surface area (Å²) in [5.41, 5.74) is 0.469. The van der Waals surface area contributed by atoms with Gasteiger partial charge in [-0.3, -0.25) is 10.1 Å². The summed E-state index contributed by atoms with van der Waals surface area (Å²) in [6.45, 7) is 3.18. The molecule has 0 aliphatic heterocycles. The van der Waals surface area contributed by atoms with Gasteiger partial charge < -0.3 is 4.42 Å². The van der Waals surface area contributed by atoms with Gasteiger partial charge in [0.25, 0.3) is 0 Å². The smallest absolute Gasteiger partial charge is 0.322 e. The Bertz CT molecular complexity index is 1330. The minimum Gasteiger partial charge on any atom is -0.403 e. The average Bonchev–Trinajstić information content (AvgIpc) is 3.22. The van der Waals surface area contributed by atoms with Gasteiger partial charge in [-0.25, -0.2) is 21.2 Å². The quantitative estimate of drug-likeness (QED) is 0.447. The van der Waals surface area contributed by atoms with E-state index in [0.29, 0.717) is 5.56 Å². The van der Waals surface area contributed by atoms with E-state index < -0.39 is 36.6 Å². The van der Waals surface area contributed by atoms with E-state index in [0.717, 1.165) is 12.1 Å². The van der Waals surface area contributed by atoms with Crippen LogP contribution in [0.2, 0.25) is 0 Å². The maximum Gasteiger partial charge on any atom is 0.322 e. The normalized spacial score (nSPS) is 12.1. The van der Waals surface area contributed by atoms with Crippen molar-refractivity contribution < 1.29 is 30.4 Å². The molecule has 1 N–H and O–H groups in total. The zero-order valence-electron chi connectivity index (χ0n) is 17.9. The summed E-state index contributed by atoms with van der Waals surface area (Å²) in [4.78, 5) is 12.2. The molecule has 0 saturated carbocycles. The van der Waals surface area contributed by atoms with Crippen LogP contribution >= 0.6 is 0 Å². The zero-order valence-corrected chi connectivity index (χ0v) is 19.5. The summed E-state index contributed by atoms with van der Waals surface area (Å²) >= 11 is 0. The van der Waals surface area contributed by atoms with E-state index in [1.807, 2.05) is 0 Å². The Morgan fingerprint density at radius 3 is 2.18 bits per heavy atom. The first-order valence-corrected chi connectivity index (χ1v) is 13.1. The number of halogens is 1. The molecule has 33 heavy (non-hydrogen) atoms. The van der Waals surface area contributed by atoms with Crippen LogP contribution in [-0.4, -0.2) is 43.9 Å². The Labute approximate surface area is 190 Å². The summed E-state index contributed by atoms with van der Waals surface area (Å²) in [6.07, 6.45) is -0.0712. The van der Waals surface area contributed by atoms with Gasteiger partial charge >= 0.3 is 6.01 Å². The maximum atomic E-state index is 13.0. The first kappa shape index (κ1) is 24.5. The van der Waals surface area contributed by atoms with Gasteiger partial charge in [0, 0.05) is 12.0 Å². The Hall–Kier alpha value is -3.12. The number of sulfone groups is 2. The van der Waals surface area contributed by atoms with E-state index in [9.17, 15) is 26.0 Å². The topological polar surface area (TPSA) is 136 Å². The predicted octanol–water partition coefficient (Wildman–Crippen LogP) is 3.25. The van der Waals surface area contributed by atoms with Crippen LogP contribution in [-0.2, 0) is 24.5 Å². The van der Waals surface area contributed by atoms with Crippen LogP contribution in [0.4, 0.5) is 10.4 Å². The Morgan fingerprint density at radius 2 is 1.58 bits per heavy atom. The fourth-order valence-electron chi connectivity index (χ4n) is 2.81. The largest absolute Gasteiger partial charge is 0.403 e. The third-order valence-electron chi connectivity index (χ3n) is 4.71. The zero-order chi connectivity index (χ0) is 24.2. The minimum absolute atomic E-state index is 0.0157. The SMILES string of the molecule is CC(C)S(=O)(=O)c1ccc(-c2nnc(NC(=O)CCCS(=O)(=O)c3ccc(F)cc3)o2)cc1. The number of nitrogens with zero attached hydrogens (tertiary/aromatic N) is 2. The number of aromatic nitrogens is 2. The van der Waals surface area contributed by atoms with Gasteiger partial charge in [-0.05, 0) is 68.8 Å².